The third kappa shape index (κ3) is 15.8. The molecule has 0 bridgehead atoms. The van der Waals surface area contributed by atoms with Gasteiger partial charge in [0.2, 0.25) is 0 Å². The van der Waals surface area contributed by atoms with Crippen LogP contribution in [0.15, 0.2) is 30.8 Å². The number of hydrogen-bond acceptors (Lipinski definition) is 2. The summed E-state index contributed by atoms with van der Waals surface area (Å²) < 4.78 is 5.37. The van der Waals surface area contributed by atoms with Gasteiger partial charge in [-0.25, -0.2) is 4.79 Å². The van der Waals surface area contributed by atoms with E-state index in [0.29, 0.717) is 12.2 Å². The Labute approximate surface area is 192 Å². The van der Waals surface area contributed by atoms with Crippen molar-refractivity contribution in [3.63, 3.8) is 0 Å². The highest BCUT2D eigenvalue weighted by molar-refractivity contribution is 5.89. The van der Waals surface area contributed by atoms with Gasteiger partial charge in [-0.05, 0) is 24.1 Å². The molecule has 0 aliphatic heterocycles. The first kappa shape index (κ1) is 27.5. The van der Waals surface area contributed by atoms with Gasteiger partial charge >= 0.3 is 5.97 Å². The van der Waals surface area contributed by atoms with Crippen molar-refractivity contribution >= 4 is 12.0 Å². The van der Waals surface area contributed by atoms with E-state index in [0.717, 1.165) is 18.4 Å². The SMILES string of the molecule is C=Cc1ccc(C(=O)OCCCCCCCCCCCCCCCCCCCC)cc1. The summed E-state index contributed by atoms with van der Waals surface area (Å²) >= 11 is 0. The quantitative estimate of drug-likeness (QED) is 0.144. The topological polar surface area (TPSA) is 26.3 Å². The zero-order chi connectivity index (χ0) is 22.4. The largest absolute Gasteiger partial charge is 0.462 e. The maximum atomic E-state index is 12.0. The molecule has 0 saturated carbocycles. The van der Waals surface area contributed by atoms with Gasteiger partial charge in [0.25, 0.3) is 0 Å². The Morgan fingerprint density at radius 1 is 0.677 bits per heavy atom. The van der Waals surface area contributed by atoms with Crippen molar-refractivity contribution in [1.82, 2.24) is 0 Å². The van der Waals surface area contributed by atoms with Crippen molar-refractivity contribution in [1.29, 1.82) is 0 Å². The second kappa shape index (κ2) is 20.3. The summed E-state index contributed by atoms with van der Waals surface area (Å²) in [5.74, 6) is -0.220. The number of benzene rings is 1. The molecule has 1 aromatic carbocycles. The van der Waals surface area contributed by atoms with E-state index in [1.54, 1.807) is 18.2 Å². The molecule has 0 radical (unpaired) electrons. The summed E-state index contributed by atoms with van der Waals surface area (Å²) in [5, 5.41) is 0. The smallest absolute Gasteiger partial charge is 0.338 e. The van der Waals surface area contributed by atoms with Crippen molar-refractivity contribution in [2.75, 3.05) is 6.61 Å². The maximum Gasteiger partial charge on any atom is 0.338 e. The first-order valence-corrected chi connectivity index (χ1v) is 13.2. The van der Waals surface area contributed by atoms with Crippen LogP contribution in [0.3, 0.4) is 0 Å². The maximum absolute atomic E-state index is 12.0. The molecule has 0 aromatic heterocycles. The second-order valence-electron chi connectivity index (χ2n) is 8.97. The summed E-state index contributed by atoms with van der Waals surface area (Å²) in [5.41, 5.74) is 1.63. The number of unbranched alkanes of at least 4 members (excludes halogenated alkanes) is 17. The van der Waals surface area contributed by atoms with Crippen LogP contribution in [-0.4, -0.2) is 12.6 Å². The molecule has 0 fully saturated rings. The Kier molecular flexibility index (Phi) is 18.0. The molecule has 2 heteroatoms. The molecule has 2 nitrogen and oxygen atoms in total. The van der Waals surface area contributed by atoms with Gasteiger partial charge < -0.3 is 4.74 Å². The highest BCUT2D eigenvalue weighted by Gasteiger charge is 2.06. The van der Waals surface area contributed by atoms with Gasteiger partial charge in [0.05, 0.1) is 12.2 Å². The molecule has 0 aliphatic rings. The zero-order valence-corrected chi connectivity index (χ0v) is 20.3. The predicted octanol–water partition coefficient (Wildman–Crippen LogP) is 9.53. The van der Waals surface area contributed by atoms with Crippen LogP contribution in [0.4, 0.5) is 0 Å². The number of esters is 1. The van der Waals surface area contributed by atoms with Crippen molar-refractivity contribution in [2.24, 2.45) is 0 Å². The van der Waals surface area contributed by atoms with Crippen molar-refractivity contribution in [2.45, 2.75) is 122 Å². The van der Waals surface area contributed by atoms with E-state index >= 15 is 0 Å². The number of ether oxygens (including phenoxy) is 1. The van der Waals surface area contributed by atoms with Gasteiger partial charge in [-0.15, -0.1) is 0 Å². The molecule has 0 atom stereocenters. The van der Waals surface area contributed by atoms with Crippen LogP contribution in [0.25, 0.3) is 6.08 Å². The number of carbonyl (C=O) groups is 1. The third-order valence-electron chi connectivity index (χ3n) is 6.11. The molecular formula is C29H48O2. The monoisotopic (exact) mass is 428 g/mol. The first-order chi connectivity index (χ1) is 15.3. The zero-order valence-electron chi connectivity index (χ0n) is 20.3. The van der Waals surface area contributed by atoms with Crippen LogP contribution >= 0.6 is 0 Å². The fourth-order valence-corrected chi connectivity index (χ4v) is 4.01. The molecular weight excluding hydrogens is 380 g/mol. The molecule has 0 heterocycles. The summed E-state index contributed by atoms with van der Waals surface area (Å²) in [6.45, 7) is 6.53. The van der Waals surface area contributed by atoms with E-state index < -0.39 is 0 Å². The molecule has 0 N–H and O–H groups in total. The van der Waals surface area contributed by atoms with Gasteiger partial charge in [-0.3, -0.25) is 0 Å². The first-order valence-electron chi connectivity index (χ1n) is 13.2. The number of carbonyl (C=O) groups excluding carboxylic acids is 1. The molecule has 1 aromatic rings. The van der Waals surface area contributed by atoms with E-state index in [9.17, 15) is 4.79 Å². The minimum atomic E-state index is -0.220. The molecule has 0 aliphatic carbocycles. The van der Waals surface area contributed by atoms with Gasteiger partial charge in [0.15, 0.2) is 0 Å². The summed E-state index contributed by atoms with van der Waals surface area (Å²) in [6.07, 6.45) is 26.3. The minimum Gasteiger partial charge on any atom is -0.462 e. The second-order valence-corrected chi connectivity index (χ2v) is 8.97. The van der Waals surface area contributed by atoms with Gasteiger partial charge in [-0.1, -0.05) is 141 Å². The van der Waals surface area contributed by atoms with Gasteiger partial charge in [0.1, 0.15) is 0 Å². The number of hydrogen-bond donors (Lipinski definition) is 0. The number of rotatable bonds is 21. The normalized spacial score (nSPS) is 10.9. The Balaban J connectivity index is 1.78. The lowest BCUT2D eigenvalue weighted by Gasteiger charge is -2.06. The fraction of sp³-hybridized carbons (Fsp3) is 0.690. The van der Waals surface area contributed by atoms with E-state index in [1.807, 2.05) is 12.1 Å². The molecule has 0 saturated heterocycles. The Morgan fingerprint density at radius 3 is 1.45 bits per heavy atom. The summed E-state index contributed by atoms with van der Waals surface area (Å²) in [4.78, 5) is 12.0. The van der Waals surface area contributed by atoms with Crippen LogP contribution in [0.1, 0.15) is 138 Å². The Morgan fingerprint density at radius 2 is 1.06 bits per heavy atom. The molecule has 1 rings (SSSR count). The Hall–Kier alpha value is -1.57. The fourth-order valence-electron chi connectivity index (χ4n) is 4.01. The molecule has 0 amide bonds. The van der Waals surface area contributed by atoms with Crippen molar-refractivity contribution in [3.8, 4) is 0 Å². The summed E-state index contributed by atoms with van der Waals surface area (Å²) in [7, 11) is 0. The molecule has 0 spiro atoms. The minimum absolute atomic E-state index is 0.220. The van der Waals surface area contributed by atoms with Crippen LogP contribution in [0.2, 0.25) is 0 Å². The van der Waals surface area contributed by atoms with Gasteiger partial charge in [0, 0.05) is 0 Å². The van der Waals surface area contributed by atoms with Crippen molar-refractivity contribution < 1.29 is 9.53 Å². The van der Waals surface area contributed by atoms with Crippen LogP contribution in [0, 0.1) is 0 Å². The standard InChI is InChI=1S/C29H48O2/c1-3-5-6-7-8-9-10-11-12-13-14-15-16-17-18-19-20-21-26-31-29(30)28-24-22-27(4-2)23-25-28/h4,22-25H,2-3,5-21,26H2,1H3. The predicted molar refractivity (Wildman–Crippen MR) is 136 cm³/mol. The van der Waals surface area contributed by atoms with E-state index in [2.05, 4.69) is 13.5 Å². The van der Waals surface area contributed by atoms with Crippen LogP contribution in [-0.2, 0) is 4.74 Å². The van der Waals surface area contributed by atoms with Gasteiger partial charge in [-0.2, -0.15) is 0 Å². The lowest BCUT2D eigenvalue weighted by Crippen LogP contribution is -2.06. The highest BCUT2D eigenvalue weighted by Crippen LogP contribution is 2.14. The summed E-state index contributed by atoms with van der Waals surface area (Å²) in [6, 6.07) is 7.38. The van der Waals surface area contributed by atoms with Crippen LogP contribution < -0.4 is 0 Å². The average molecular weight is 429 g/mol. The van der Waals surface area contributed by atoms with Crippen LogP contribution in [0.5, 0.6) is 0 Å². The van der Waals surface area contributed by atoms with E-state index in [-0.39, 0.29) is 5.97 Å². The molecule has 0 unspecified atom stereocenters. The average Bonchev–Trinajstić information content (AvgIpc) is 2.80. The van der Waals surface area contributed by atoms with Crippen molar-refractivity contribution in [3.05, 3.63) is 42.0 Å². The molecule has 176 valence electrons. The lowest BCUT2D eigenvalue weighted by molar-refractivity contribution is 0.0497. The lowest BCUT2D eigenvalue weighted by atomic mass is 10.0. The molecule has 31 heavy (non-hydrogen) atoms. The Bertz CT molecular complexity index is 546. The third-order valence-corrected chi connectivity index (χ3v) is 6.11. The van der Waals surface area contributed by atoms with E-state index in [4.69, 9.17) is 4.74 Å². The van der Waals surface area contributed by atoms with E-state index in [1.165, 1.54) is 103 Å². The highest BCUT2D eigenvalue weighted by atomic mass is 16.5.